The molecule has 0 heterocycles. The zero-order valence-electron chi connectivity index (χ0n) is 5.50. The minimum atomic E-state index is -5.61. The summed E-state index contributed by atoms with van der Waals surface area (Å²) in [6.07, 6.45) is 0. The molecule has 2 N–H and O–H groups in total. The maximum Gasteiger partial charge on any atom is 3.00 e. The van der Waals surface area contributed by atoms with E-state index in [4.69, 9.17) is 38.4 Å². The summed E-state index contributed by atoms with van der Waals surface area (Å²) in [6, 6.07) is 0. The van der Waals surface area contributed by atoms with Gasteiger partial charge in [0.15, 0.2) is 0 Å². The maximum atomic E-state index is 8.80. The van der Waals surface area contributed by atoms with E-state index >= 15 is 0 Å². The Bertz CT molecular complexity index is 58.0. The van der Waals surface area contributed by atoms with E-state index < -0.39 is 18.1 Å². The van der Waals surface area contributed by atoms with E-state index in [1.54, 1.807) is 0 Å². The molecule has 0 unspecified atom stereocenters. The molecular formula is H2O8Si2Y2. The molecular weight excluding hydrogens is 362 g/mol. The fourth-order valence-electron chi connectivity index (χ4n) is 0. The molecule has 0 aromatic heterocycles. The van der Waals surface area contributed by atoms with Gasteiger partial charge in [-0.25, -0.2) is 0 Å². The summed E-state index contributed by atoms with van der Waals surface area (Å²) in [6.45, 7) is 0. The zero-order valence-corrected chi connectivity index (χ0v) is 13.2. The Hall–Kier alpha value is 2.32. The van der Waals surface area contributed by atoms with E-state index in [2.05, 4.69) is 0 Å². The predicted octanol–water partition coefficient (Wildman–Crippen LogP) is -9.01. The molecule has 12 heavy (non-hydrogen) atoms. The monoisotopic (exact) mass is 364 g/mol. The van der Waals surface area contributed by atoms with E-state index in [1.165, 1.54) is 0 Å². The van der Waals surface area contributed by atoms with Crippen LogP contribution >= 0.6 is 0 Å². The van der Waals surface area contributed by atoms with Crippen molar-refractivity contribution in [3.63, 3.8) is 0 Å². The topological polar surface area (TPSA) is 179 Å². The van der Waals surface area contributed by atoms with Crippen molar-refractivity contribution in [3.05, 3.63) is 0 Å². The zero-order chi connectivity index (χ0) is 9.00. The molecule has 0 amide bonds. The molecule has 8 nitrogen and oxygen atoms in total. The fraction of sp³-hybridized carbons (Fsp3) is 0. The molecule has 0 radical (unpaired) electrons. The van der Waals surface area contributed by atoms with Crippen LogP contribution in [0.4, 0.5) is 0 Å². The standard InChI is InChI=1S/H2O4Si.O4Si.2Y/c2*1-5(2,3)4;;/h1-2H;;;/q-2;-4;2*+3. The van der Waals surface area contributed by atoms with Gasteiger partial charge in [0.1, 0.15) is 9.05 Å². The molecule has 0 aromatic rings. The average Bonchev–Trinajstić information content (AvgIpc) is 1.12. The van der Waals surface area contributed by atoms with Crippen LogP contribution in [-0.2, 0) is 65.4 Å². The van der Waals surface area contributed by atoms with Gasteiger partial charge in [-0.3, -0.25) is 0 Å². The third-order valence-electron chi connectivity index (χ3n) is 0. The second-order valence-corrected chi connectivity index (χ2v) is 3.15. The molecule has 0 rings (SSSR count). The second kappa shape index (κ2) is 9.86. The number of rotatable bonds is 0. The molecule has 0 aliphatic carbocycles. The first-order valence-electron chi connectivity index (χ1n) is 1.67. The van der Waals surface area contributed by atoms with Crippen LogP contribution in [0.25, 0.3) is 0 Å². The van der Waals surface area contributed by atoms with Gasteiger partial charge in [0.2, 0.25) is 0 Å². The predicted molar refractivity (Wildman–Crippen MR) is 15.9 cm³/mol. The Kier molecular flexibility index (Phi) is 19.6. The molecule has 0 atom stereocenters. The molecule has 0 spiro atoms. The van der Waals surface area contributed by atoms with Crippen LogP contribution in [0.5, 0.6) is 0 Å². The Labute approximate surface area is 120 Å². The fourth-order valence-corrected chi connectivity index (χ4v) is 0. The van der Waals surface area contributed by atoms with Crippen molar-refractivity contribution in [2.75, 3.05) is 0 Å². The van der Waals surface area contributed by atoms with Gasteiger partial charge in [-0.05, 0) is 0 Å². The SMILES string of the molecule is [O-][Si]([O-])(O)O.[O-][Si]([O-])([O-])[O-].[Y+3].[Y+3]. The summed E-state index contributed by atoms with van der Waals surface area (Å²) >= 11 is 0. The summed E-state index contributed by atoms with van der Waals surface area (Å²) in [7, 11) is -10.7. The number of hydrogen-bond donors (Lipinski definition) is 2. The van der Waals surface area contributed by atoms with E-state index in [1.807, 2.05) is 0 Å². The molecule has 12 heteroatoms. The summed E-state index contributed by atoms with van der Waals surface area (Å²) in [4.78, 5) is 66.1. The van der Waals surface area contributed by atoms with Crippen LogP contribution in [-0.4, -0.2) is 27.7 Å². The van der Waals surface area contributed by atoms with Gasteiger partial charge in [0, 0.05) is 0 Å². The van der Waals surface area contributed by atoms with Gasteiger partial charge in [-0.1, -0.05) is 0 Å². The van der Waals surface area contributed by atoms with Crippen molar-refractivity contribution >= 4 is 18.1 Å². The van der Waals surface area contributed by atoms with Crippen LogP contribution < -0.4 is 28.8 Å². The van der Waals surface area contributed by atoms with Crippen molar-refractivity contribution in [3.8, 4) is 0 Å². The van der Waals surface area contributed by atoms with E-state index in [9.17, 15) is 0 Å². The maximum absolute atomic E-state index is 8.80. The Morgan fingerprint density at radius 1 is 0.667 bits per heavy atom. The van der Waals surface area contributed by atoms with E-state index in [-0.39, 0.29) is 65.4 Å². The van der Waals surface area contributed by atoms with Crippen LogP contribution in [0.1, 0.15) is 0 Å². The Morgan fingerprint density at radius 3 is 0.667 bits per heavy atom. The summed E-state index contributed by atoms with van der Waals surface area (Å²) in [5.41, 5.74) is 0. The molecule has 0 bridgehead atoms. The van der Waals surface area contributed by atoms with E-state index in [0.29, 0.717) is 0 Å². The van der Waals surface area contributed by atoms with Crippen molar-refractivity contribution < 1.29 is 104 Å². The second-order valence-electron chi connectivity index (χ2n) is 1.05. The van der Waals surface area contributed by atoms with Crippen LogP contribution in [0.15, 0.2) is 0 Å². The first kappa shape index (κ1) is 23.9. The molecule has 0 fully saturated rings. The summed E-state index contributed by atoms with van der Waals surface area (Å²) in [5, 5.41) is 0. The number of hydrogen-bond acceptors (Lipinski definition) is 8. The quantitative estimate of drug-likeness (QED) is 0.398. The third kappa shape index (κ3) is 293. The normalized spacial score (nSPS) is 10.0. The molecule has 0 aliphatic rings. The molecule has 0 saturated heterocycles. The molecule has 0 aromatic carbocycles. The van der Waals surface area contributed by atoms with Gasteiger partial charge < -0.3 is 47.4 Å². The van der Waals surface area contributed by atoms with Gasteiger partial charge in [0.05, 0.1) is 0 Å². The third-order valence-corrected chi connectivity index (χ3v) is 0. The van der Waals surface area contributed by atoms with Crippen LogP contribution in [0.2, 0.25) is 0 Å². The van der Waals surface area contributed by atoms with Crippen LogP contribution in [0.3, 0.4) is 0 Å². The summed E-state index contributed by atoms with van der Waals surface area (Å²) in [5.74, 6) is 0. The minimum absolute atomic E-state index is 0. The molecule has 0 aliphatic heterocycles. The van der Waals surface area contributed by atoms with Crippen molar-refractivity contribution in [2.24, 2.45) is 0 Å². The van der Waals surface area contributed by atoms with Crippen molar-refractivity contribution in [2.45, 2.75) is 0 Å². The van der Waals surface area contributed by atoms with Gasteiger partial charge in [0.25, 0.3) is 0 Å². The largest absolute Gasteiger partial charge is 3.00 e. The van der Waals surface area contributed by atoms with Gasteiger partial charge in [-0.2, -0.15) is 0 Å². The Balaban J connectivity index is -0.0000000457. The molecule has 0 saturated carbocycles. The Morgan fingerprint density at radius 2 is 0.667 bits per heavy atom. The molecule has 64 valence electrons. The van der Waals surface area contributed by atoms with Gasteiger partial charge >= 0.3 is 65.4 Å². The minimum Gasteiger partial charge on any atom is -0.894 e. The van der Waals surface area contributed by atoms with Gasteiger partial charge in [-0.15, -0.1) is 0 Å². The smallest absolute Gasteiger partial charge is 0.894 e. The average molecular weight is 364 g/mol. The van der Waals surface area contributed by atoms with E-state index in [0.717, 1.165) is 0 Å². The summed E-state index contributed by atoms with van der Waals surface area (Å²) < 4.78 is 0. The van der Waals surface area contributed by atoms with Crippen molar-refractivity contribution in [1.29, 1.82) is 0 Å². The van der Waals surface area contributed by atoms with Crippen LogP contribution in [0, 0.1) is 0 Å². The first-order valence-corrected chi connectivity index (χ1v) is 5.02. The first-order chi connectivity index (χ1) is 4.00. The van der Waals surface area contributed by atoms with Crippen molar-refractivity contribution in [1.82, 2.24) is 0 Å².